The van der Waals surface area contributed by atoms with Gasteiger partial charge in [-0.15, -0.1) is 11.8 Å². The van der Waals surface area contributed by atoms with Crippen molar-refractivity contribution in [1.29, 1.82) is 0 Å². The second-order valence-corrected chi connectivity index (χ2v) is 7.36. The molecule has 20 heavy (non-hydrogen) atoms. The van der Waals surface area contributed by atoms with Crippen LogP contribution in [0.15, 0.2) is 59.5 Å². The molecule has 2 heteroatoms. The Balaban J connectivity index is 1.68. The van der Waals surface area contributed by atoms with Gasteiger partial charge in [0.2, 0.25) is 0 Å². The number of nitrogens with two attached hydrogens (primary N) is 1. The molecule has 0 spiro atoms. The summed E-state index contributed by atoms with van der Waals surface area (Å²) in [6, 6.07) is 19.6. The van der Waals surface area contributed by atoms with E-state index in [0.717, 1.165) is 6.54 Å². The van der Waals surface area contributed by atoms with Gasteiger partial charge in [0.25, 0.3) is 0 Å². The van der Waals surface area contributed by atoms with Crippen molar-refractivity contribution >= 4 is 11.8 Å². The van der Waals surface area contributed by atoms with E-state index < -0.39 is 0 Å². The molecule has 0 heterocycles. The predicted molar refractivity (Wildman–Crippen MR) is 87.2 cm³/mol. The third kappa shape index (κ3) is 2.77. The Labute approximate surface area is 125 Å². The van der Waals surface area contributed by atoms with E-state index in [1.807, 2.05) is 11.8 Å². The van der Waals surface area contributed by atoms with E-state index in [9.17, 15) is 0 Å². The molecule has 0 aromatic heterocycles. The zero-order valence-corrected chi connectivity index (χ0v) is 12.7. The molecule has 3 rings (SSSR count). The maximum Gasteiger partial charge on any atom is 0.0341 e. The van der Waals surface area contributed by atoms with Gasteiger partial charge in [-0.1, -0.05) is 48.0 Å². The lowest BCUT2D eigenvalue weighted by molar-refractivity contribution is 0.313. The highest BCUT2D eigenvalue weighted by molar-refractivity contribution is 8.00. The summed E-state index contributed by atoms with van der Waals surface area (Å²) in [5.41, 5.74) is 8.84. The highest BCUT2D eigenvalue weighted by Crippen LogP contribution is 2.54. The number of hydrogen-bond acceptors (Lipinski definition) is 2. The molecule has 0 aliphatic heterocycles. The van der Waals surface area contributed by atoms with Crippen LogP contribution in [0.1, 0.15) is 29.9 Å². The summed E-state index contributed by atoms with van der Waals surface area (Å²) in [7, 11) is 0. The average molecular weight is 283 g/mol. The van der Waals surface area contributed by atoms with Crippen molar-refractivity contribution in [3.05, 3.63) is 65.7 Å². The van der Waals surface area contributed by atoms with Gasteiger partial charge >= 0.3 is 0 Å². The lowest BCUT2D eigenvalue weighted by Crippen LogP contribution is -2.45. The Hall–Kier alpha value is -1.25. The molecule has 1 nitrogen and oxygen atoms in total. The third-order valence-corrected chi connectivity index (χ3v) is 5.68. The van der Waals surface area contributed by atoms with Crippen molar-refractivity contribution in [3.8, 4) is 0 Å². The van der Waals surface area contributed by atoms with Crippen LogP contribution in [0.2, 0.25) is 0 Å². The fraction of sp³-hybridized carbons (Fsp3) is 0.333. The molecule has 0 atom stereocenters. The summed E-state index contributed by atoms with van der Waals surface area (Å²) in [5.74, 6) is 0.678. The number of rotatable bonds is 4. The van der Waals surface area contributed by atoms with E-state index in [0.29, 0.717) is 5.92 Å². The van der Waals surface area contributed by atoms with Crippen LogP contribution in [0.3, 0.4) is 0 Å². The van der Waals surface area contributed by atoms with Crippen LogP contribution in [-0.2, 0) is 0 Å². The van der Waals surface area contributed by atoms with Crippen molar-refractivity contribution in [2.24, 2.45) is 5.73 Å². The van der Waals surface area contributed by atoms with Gasteiger partial charge in [-0.05, 0) is 43.4 Å². The Morgan fingerprint density at radius 2 is 1.70 bits per heavy atom. The maximum absolute atomic E-state index is 6.07. The monoisotopic (exact) mass is 283 g/mol. The van der Waals surface area contributed by atoms with Crippen LogP contribution in [0.25, 0.3) is 0 Å². The summed E-state index contributed by atoms with van der Waals surface area (Å²) in [6.07, 6.45) is 2.37. The SMILES string of the molecule is Cc1ccc(SC2(CN)CC(c3ccccc3)C2)cc1. The van der Waals surface area contributed by atoms with Crippen LogP contribution in [0.4, 0.5) is 0 Å². The molecule has 2 N–H and O–H groups in total. The van der Waals surface area contributed by atoms with Crippen molar-refractivity contribution in [2.75, 3.05) is 6.54 Å². The van der Waals surface area contributed by atoms with Gasteiger partial charge in [-0.2, -0.15) is 0 Å². The fourth-order valence-electron chi connectivity index (χ4n) is 2.95. The molecule has 0 saturated heterocycles. The van der Waals surface area contributed by atoms with Crippen LogP contribution in [0.5, 0.6) is 0 Å². The minimum Gasteiger partial charge on any atom is -0.329 e. The van der Waals surface area contributed by atoms with Gasteiger partial charge in [-0.3, -0.25) is 0 Å². The van der Waals surface area contributed by atoms with Gasteiger partial charge in [0.15, 0.2) is 0 Å². The van der Waals surface area contributed by atoms with Gasteiger partial charge in [0.05, 0.1) is 0 Å². The predicted octanol–water partition coefficient (Wildman–Crippen LogP) is 4.36. The Morgan fingerprint density at radius 1 is 1.05 bits per heavy atom. The van der Waals surface area contributed by atoms with E-state index in [-0.39, 0.29) is 4.75 Å². The molecule has 1 aliphatic rings. The molecule has 0 radical (unpaired) electrons. The fourth-order valence-corrected chi connectivity index (χ4v) is 4.37. The Kier molecular flexibility index (Phi) is 3.86. The molecule has 0 amide bonds. The van der Waals surface area contributed by atoms with Gasteiger partial charge in [-0.25, -0.2) is 0 Å². The molecule has 0 bridgehead atoms. The minimum absolute atomic E-state index is 0.232. The van der Waals surface area contributed by atoms with E-state index in [1.165, 1.54) is 28.9 Å². The molecule has 2 aromatic rings. The Morgan fingerprint density at radius 3 is 2.30 bits per heavy atom. The molecule has 1 fully saturated rings. The summed E-state index contributed by atoms with van der Waals surface area (Å²) in [5, 5.41) is 0. The first kappa shape index (κ1) is 13.7. The van der Waals surface area contributed by atoms with E-state index in [1.54, 1.807) is 0 Å². The number of hydrogen-bond donors (Lipinski definition) is 1. The van der Waals surface area contributed by atoms with E-state index in [2.05, 4.69) is 61.5 Å². The summed E-state index contributed by atoms with van der Waals surface area (Å²) in [4.78, 5) is 1.34. The Bertz CT molecular complexity index is 556. The zero-order valence-electron chi connectivity index (χ0n) is 11.9. The van der Waals surface area contributed by atoms with E-state index >= 15 is 0 Å². The lowest BCUT2D eigenvalue weighted by Gasteiger charge is -2.47. The van der Waals surface area contributed by atoms with Crippen LogP contribution in [0, 0.1) is 6.92 Å². The first-order valence-electron chi connectivity index (χ1n) is 7.21. The smallest absolute Gasteiger partial charge is 0.0341 e. The minimum atomic E-state index is 0.232. The molecular formula is C18H21NS. The van der Waals surface area contributed by atoms with Crippen molar-refractivity contribution in [1.82, 2.24) is 0 Å². The van der Waals surface area contributed by atoms with Crippen LogP contribution < -0.4 is 5.73 Å². The molecule has 104 valence electrons. The normalized spacial score (nSPS) is 25.2. The third-order valence-electron chi connectivity index (χ3n) is 4.24. The molecule has 1 saturated carbocycles. The van der Waals surface area contributed by atoms with Gasteiger partial charge in [0.1, 0.15) is 0 Å². The van der Waals surface area contributed by atoms with Crippen molar-refractivity contribution < 1.29 is 0 Å². The molecule has 0 unspecified atom stereocenters. The maximum atomic E-state index is 6.07. The van der Waals surface area contributed by atoms with Gasteiger partial charge in [0, 0.05) is 16.2 Å². The van der Waals surface area contributed by atoms with Gasteiger partial charge < -0.3 is 5.73 Å². The summed E-state index contributed by atoms with van der Waals surface area (Å²) in [6.45, 7) is 2.89. The van der Waals surface area contributed by atoms with Crippen molar-refractivity contribution in [2.45, 2.75) is 35.3 Å². The first-order valence-corrected chi connectivity index (χ1v) is 8.03. The summed E-state index contributed by atoms with van der Waals surface area (Å²) < 4.78 is 0.232. The number of benzene rings is 2. The van der Waals surface area contributed by atoms with Crippen LogP contribution >= 0.6 is 11.8 Å². The molecular weight excluding hydrogens is 262 g/mol. The van der Waals surface area contributed by atoms with E-state index in [4.69, 9.17) is 5.73 Å². The second kappa shape index (κ2) is 5.63. The molecule has 1 aliphatic carbocycles. The lowest BCUT2D eigenvalue weighted by atomic mass is 9.70. The summed E-state index contributed by atoms with van der Waals surface area (Å²) >= 11 is 1.96. The number of thioether (sulfide) groups is 1. The second-order valence-electron chi connectivity index (χ2n) is 5.82. The highest BCUT2D eigenvalue weighted by atomic mass is 32.2. The van der Waals surface area contributed by atoms with Crippen molar-refractivity contribution in [3.63, 3.8) is 0 Å². The average Bonchev–Trinajstić information content (AvgIpc) is 2.45. The quantitative estimate of drug-likeness (QED) is 0.902. The first-order chi connectivity index (χ1) is 9.71. The largest absolute Gasteiger partial charge is 0.329 e. The van der Waals surface area contributed by atoms with Crippen LogP contribution in [-0.4, -0.2) is 11.3 Å². The molecule has 2 aromatic carbocycles. The highest BCUT2D eigenvalue weighted by Gasteiger charge is 2.44. The standard InChI is InChI=1S/C18H21NS/c1-14-7-9-17(10-8-14)20-18(13-19)11-16(12-18)15-5-3-2-4-6-15/h2-10,16H,11-13,19H2,1H3. The zero-order chi connectivity index (χ0) is 14.0. The number of aryl methyl sites for hydroxylation is 1. The topological polar surface area (TPSA) is 26.0 Å².